The number of nitrogens with zero attached hydrogens (tertiary/aromatic N) is 2. The van der Waals surface area contributed by atoms with Gasteiger partial charge in [-0.15, -0.1) is 11.8 Å². The van der Waals surface area contributed by atoms with Crippen molar-refractivity contribution in [2.24, 2.45) is 0 Å². The Hall–Kier alpha value is -0.880. The van der Waals surface area contributed by atoms with E-state index in [0.29, 0.717) is 37.1 Å². The Labute approximate surface area is 111 Å². The van der Waals surface area contributed by atoms with Gasteiger partial charge < -0.3 is 9.26 Å². The molecule has 0 radical (unpaired) electrons. The van der Waals surface area contributed by atoms with Crippen LogP contribution in [-0.4, -0.2) is 33.9 Å². The molecule has 18 heavy (non-hydrogen) atoms. The van der Waals surface area contributed by atoms with E-state index in [9.17, 15) is 4.79 Å². The third kappa shape index (κ3) is 3.55. The van der Waals surface area contributed by atoms with Gasteiger partial charge in [-0.25, -0.2) is 0 Å². The van der Waals surface area contributed by atoms with Crippen LogP contribution in [0.3, 0.4) is 0 Å². The van der Waals surface area contributed by atoms with Gasteiger partial charge in [0.25, 0.3) is 0 Å². The second-order valence-corrected chi connectivity index (χ2v) is 7.10. The predicted molar refractivity (Wildman–Crippen MR) is 68.5 cm³/mol. The summed E-state index contributed by atoms with van der Waals surface area (Å²) in [6.07, 6.45) is 0.430. The largest absolute Gasteiger partial charge is 0.380 e. The molecule has 5 nitrogen and oxygen atoms in total. The van der Waals surface area contributed by atoms with Gasteiger partial charge in [0.1, 0.15) is 11.7 Å². The molecule has 0 spiro atoms. The Morgan fingerprint density at radius 3 is 2.89 bits per heavy atom. The van der Waals surface area contributed by atoms with E-state index in [1.165, 1.54) is 0 Å². The highest BCUT2D eigenvalue weighted by Gasteiger charge is 2.29. The number of carbonyl (C=O) groups is 1. The van der Waals surface area contributed by atoms with Crippen LogP contribution in [0.15, 0.2) is 4.52 Å². The second kappa shape index (κ2) is 5.40. The summed E-state index contributed by atoms with van der Waals surface area (Å²) in [7, 11) is 0. The maximum atomic E-state index is 11.7. The lowest BCUT2D eigenvalue weighted by atomic mass is 10.0. The first-order valence-electron chi connectivity index (χ1n) is 6.02. The van der Waals surface area contributed by atoms with Crippen molar-refractivity contribution in [2.45, 2.75) is 43.6 Å². The van der Waals surface area contributed by atoms with Gasteiger partial charge >= 0.3 is 0 Å². The monoisotopic (exact) mass is 270 g/mol. The van der Waals surface area contributed by atoms with Crippen molar-refractivity contribution in [2.75, 3.05) is 13.2 Å². The normalized spacial score (nSPS) is 21.3. The fourth-order valence-electron chi connectivity index (χ4n) is 1.60. The van der Waals surface area contributed by atoms with Crippen molar-refractivity contribution in [3.05, 3.63) is 11.7 Å². The smallest absolute Gasteiger partial charge is 0.239 e. The molecule has 6 heteroatoms. The van der Waals surface area contributed by atoms with Crippen LogP contribution in [0.25, 0.3) is 0 Å². The summed E-state index contributed by atoms with van der Waals surface area (Å²) < 4.78 is 10.6. The number of rotatable bonds is 3. The number of hydrogen-bond donors (Lipinski definition) is 0. The third-order valence-electron chi connectivity index (χ3n) is 2.58. The molecule has 1 saturated heterocycles. The highest BCUT2D eigenvalue weighted by atomic mass is 32.2. The van der Waals surface area contributed by atoms with Gasteiger partial charge in [0, 0.05) is 11.2 Å². The van der Waals surface area contributed by atoms with E-state index in [4.69, 9.17) is 9.26 Å². The van der Waals surface area contributed by atoms with Crippen LogP contribution in [0.2, 0.25) is 0 Å². The molecule has 0 N–H and O–H groups in total. The van der Waals surface area contributed by atoms with Crippen molar-refractivity contribution < 1.29 is 14.1 Å². The molecular weight excluding hydrogens is 252 g/mol. The first-order chi connectivity index (χ1) is 8.46. The van der Waals surface area contributed by atoms with Crippen molar-refractivity contribution in [1.82, 2.24) is 10.1 Å². The average molecular weight is 270 g/mol. The van der Waals surface area contributed by atoms with Crippen LogP contribution in [0, 0.1) is 0 Å². The number of hydrogen-bond acceptors (Lipinski definition) is 6. The standard InChI is InChI=1S/C12H18N2O3S/c1-12(2,3)18-7-10-13-11(17-14-10)8-6-16-5-4-9(8)15/h8H,4-7H2,1-3H3. The number of thioether (sulfide) groups is 1. The maximum Gasteiger partial charge on any atom is 0.239 e. The van der Waals surface area contributed by atoms with Crippen LogP contribution in [0.1, 0.15) is 44.8 Å². The van der Waals surface area contributed by atoms with E-state index in [2.05, 4.69) is 30.9 Å². The average Bonchev–Trinajstić information content (AvgIpc) is 2.75. The number of carbonyl (C=O) groups excluding carboxylic acids is 1. The lowest BCUT2D eigenvalue weighted by molar-refractivity contribution is -0.127. The number of aromatic nitrogens is 2. The SMILES string of the molecule is CC(C)(C)SCc1noc(C2COCCC2=O)n1. The lowest BCUT2D eigenvalue weighted by Crippen LogP contribution is -2.25. The van der Waals surface area contributed by atoms with Crippen molar-refractivity contribution >= 4 is 17.5 Å². The maximum absolute atomic E-state index is 11.7. The Morgan fingerprint density at radius 1 is 1.44 bits per heavy atom. The number of ketones is 1. The molecule has 0 aromatic carbocycles. The fraction of sp³-hybridized carbons (Fsp3) is 0.750. The van der Waals surface area contributed by atoms with Gasteiger partial charge in [0.15, 0.2) is 5.82 Å². The fourth-order valence-corrected chi connectivity index (χ4v) is 2.28. The Bertz CT molecular complexity index is 425. The summed E-state index contributed by atoms with van der Waals surface area (Å²) in [4.78, 5) is 16.0. The van der Waals surface area contributed by atoms with Gasteiger partial charge in [-0.3, -0.25) is 4.79 Å². The number of Topliss-reactive ketones (excluding diaryl/α,β-unsaturated/α-hetero) is 1. The zero-order valence-electron chi connectivity index (χ0n) is 10.9. The summed E-state index contributed by atoms with van der Waals surface area (Å²) in [5.74, 6) is 1.47. The molecule has 2 heterocycles. The second-order valence-electron chi connectivity index (χ2n) is 5.29. The molecule has 1 aliphatic rings. The van der Waals surface area contributed by atoms with E-state index < -0.39 is 0 Å². The van der Waals surface area contributed by atoms with Crippen LogP contribution < -0.4 is 0 Å². The van der Waals surface area contributed by atoms with Gasteiger partial charge in [0.05, 0.1) is 19.0 Å². The first kappa shape index (κ1) is 13.5. The lowest BCUT2D eigenvalue weighted by Gasteiger charge is -2.17. The minimum absolute atomic E-state index is 0.125. The minimum Gasteiger partial charge on any atom is -0.380 e. The predicted octanol–water partition coefficient (Wildman–Crippen LogP) is 2.17. The molecule has 1 aromatic heterocycles. The Morgan fingerprint density at radius 2 is 2.22 bits per heavy atom. The van der Waals surface area contributed by atoms with E-state index in [1.807, 2.05) is 0 Å². The summed E-state index contributed by atoms with van der Waals surface area (Å²) in [6.45, 7) is 7.26. The summed E-state index contributed by atoms with van der Waals surface area (Å²) in [5.41, 5.74) is 0. The summed E-state index contributed by atoms with van der Waals surface area (Å²) in [6, 6.07) is 0. The molecule has 0 aliphatic carbocycles. The van der Waals surface area contributed by atoms with Crippen LogP contribution in [0.5, 0.6) is 0 Å². The van der Waals surface area contributed by atoms with Crippen LogP contribution in [0.4, 0.5) is 0 Å². The van der Waals surface area contributed by atoms with Crippen molar-refractivity contribution in [3.8, 4) is 0 Å². The van der Waals surface area contributed by atoms with Gasteiger partial charge in [-0.05, 0) is 0 Å². The minimum atomic E-state index is -0.375. The van der Waals surface area contributed by atoms with Crippen LogP contribution >= 0.6 is 11.8 Å². The summed E-state index contributed by atoms with van der Waals surface area (Å²) in [5, 5.41) is 3.91. The highest BCUT2D eigenvalue weighted by Crippen LogP contribution is 2.27. The topological polar surface area (TPSA) is 65.2 Å². The highest BCUT2D eigenvalue weighted by molar-refractivity contribution is 7.99. The number of ether oxygens (including phenoxy) is 1. The Balaban J connectivity index is 1.99. The summed E-state index contributed by atoms with van der Waals surface area (Å²) >= 11 is 1.75. The van der Waals surface area contributed by atoms with E-state index in [1.54, 1.807) is 11.8 Å². The molecule has 2 rings (SSSR count). The molecule has 1 aromatic rings. The van der Waals surface area contributed by atoms with E-state index in [-0.39, 0.29) is 16.4 Å². The molecule has 0 amide bonds. The molecule has 1 atom stereocenters. The first-order valence-corrected chi connectivity index (χ1v) is 7.01. The molecular formula is C12H18N2O3S. The molecule has 100 valence electrons. The van der Waals surface area contributed by atoms with E-state index >= 15 is 0 Å². The van der Waals surface area contributed by atoms with Gasteiger partial charge in [-0.2, -0.15) is 4.98 Å². The quantitative estimate of drug-likeness (QED) is 0.838. The third-order valence-corrected chi connectivity index (χ3v) is 3.85. The van der Waals surface area contributed by atoms with Gasteiger partial charge in [0.2, 0.25) is 5.89 Å². The molecule has 1 fully saturated rings. The van der Waals surface area contributed by atoms with Crippen molar-refractivity contribution in [1.29, 1.82) is 0 Å². The van der Waals surface area contributed by atoms with Crippen molar-refractivity contribution in [3.63, 3.8) is 0 Å². The zero-order chi connectivity index (χ0) is 13.2. The molecule has 0 bridgehead atoms. The van der Waals surface area contributed by atoms with Crippen LogP contribution in [-0.2, 0) is 15.3 Å². The van der Waals surface area contributed by atoms with Gasteiger partial charge in [-0.1, -0.05) is 25.9 Å². The zero-order valence-corrected chi connectivity index (χ0v) is 11.7. The molecule has 1 unspecified atom stereocenters. The molecule has 0 saturated carbocycles. The van der Waals surface area contributed by atoms with E-state index in [0.717, 1.165) is 0 Å². The molecule has 1 aliphatic heterocycles. The Kier molecular flexibility index (Phi) is 4.07.